The third-order valence-corrected chi connectivity index (χ3v) is 5.74. The number of benzene rings is 3. The molecule has 1 heterocycles. The van der Waals surface area contributed by atoms with Crippen molar-refractivity contribution in [2.75, 3.05) is 24.6 Å². The molecule has 0 aliphatic carbocycles. The van der Waals surface area contributed by atoms with E-state index in [1.807, 2.05) is 0 Å². The summed E-state index contributed by atoms with van der Waals surface area (Å²) in [5.41, 5.74) is 0.249. The molecule has 0 amide bonds. The van der Waals surface area contributed by atoms with Crippen LogP contribution >= 0.6 is 11.6 Å². The molecule has 0 radical (unpaired) electrons. The lowest BCUT2D eigenvalue weighted by Crippen LogP contribution is -2.35. The highest BCUT2D eigenvalue weighted by Gasteiger charge is 2.39. The molecule has 0 aromatic heterocycles. The van der Waals surface area contributed by atoms with E-state index in [1.165, 1.54) is 6.07 Å². The van der Waals surface area contributed by atoms with E-state index >= 15 is 0 Å². The molecule has 3 aromatic carbocycles. The summed E-state index contributed by atoms with van der Waals surface area (Å²) in [5, 5.41) is 19.4. The molecule has 6 nitrogen and oxygen atoms in total. The Bertz CT molecular complexity index is 1240. The van der Waals surface area contributed by atoms with Crippen molar-refractivity contribution in [3.05, 3.63) is 88.9 Å². The Morgan fingerprint density at radius 2 is 1.71 bits per heavy atom. The molecule has 1 N–H and O–H groups in total. The van der Waals surface area contributed by atoms with E-state index in [1.54, 1.807) is 70.6 Å². The first-order valence-electron chi connectivity index (χ1n) is 10.6. The second kappa shape index (κ2) is 10.3. The largest absolute Gasteiger partial charge is 0.457 e. The molecule has 35 heavy (non-hydrogen) atoms. The summed E-state index contributed by atoms with van der Waals surface area (Å²) in [7, 11) is 0. The van der Waals surface area contributed by atoms with Crippen molar-refractivity contribution in [1.82, 2.24) is 4.90 Å². The topological polar surface area (TPSA) is 72.1 Å². The van der Waals surface area contributed by atoms with Crippen LogP contribution in [0.3, 0.4) is 0 Å². The van der Waals surface area contributed by atoms with E-state index in [0.717, 1.165) is 12.1 Å². The number of aliphatic imine (C=N–C) groups is 1. The molecular weight excluding hydrogens is 481 g/mol. The van der Waals surface area contributed by atoms with Crippen LogP contribution in [0.15, 0.2) is 77.8 Å². The van der Waals surface area contributed by atoms with Crippen molar-refractivity contribution >= 4 is 23.2 Å². The third-order valence-electron chi connectivity index (χ3n) is 5.49. The normalized spacial score (nSPS) is 17.0. The Labute approximate surface area is 205 Å². The molecule has 1 aliphatic rings. The number of β-amino-alcohol motifs (C(OH)–C–C–N with tert-alkyl or cyclic N) is 1. The first-order valence-corrected chi connectivity index (χ1v) is 11.0. The van der Waals surface area contributed by atoms with E-state index in [-0.39, 0.29) is 25.7 Å². The first-order chi connectivity index (χ1) is 16.8. The summed E-state index contributed by atoms with van der Waals surface area (Å²) >= 11 is 5.90. The van der Waals surface area contributed by atoms with Crippen molar-refractivity contribution in [2.24, 2.45) is 4.99 Å². The number of aliphatic hydroxyl groups is 1. The van der Waals surface area contributed by atoms with Crippen LogP contribution in [0, 0.1) is 11.5 Å². The van der Waals surface area contributed by atoms with Gasteiger partial charge in [-0.05, 0) is 66.2 Å². The number of anilines is 1. The maximum absolute atomic E-state index is 13.4. The van der Waals surface area contributed by atoms with Crippen molar-refractivity contribution in [3.63, 3.8) is 0 Å². The van der Waals surface area contributed by atoms with Crippen molar-refractivity contribution in [2.45, 2.75) is 12.2 Å². The molecule has 3 aromatic rings. The Kier molecular flexibility index (Phi) is 7.15. The zero-order valence-electron chi connectivity index (χ0n) is 18.3. The van der Waals surface area contributed by atoms with E-state index in [4.69, 9.17) is 16.3 Å². The van der Waals surface area contributed by atoms with E-state index in [0.29, 0.717) is 27.8 Å². The average molecular weight is 501 g/mol. The zero-order chi connectivity index (χ0) is 25.0. The van der Waals surface area contributed by atoms with Crippen LogP contribution in [0.2, 0.25) is 5.02 Å². The van der Waals surface area contributed by atoms with Gasteiger partial charge in [-0.3, -0.25) is 0 Å². The van der Waals surface area contributed by atoms with E-state index < -0.39 is 17.8 Å². The van der Waals surface area contributed by atoms with Gasteiger partial charge in [0, 0.05) is 23.8 Å². The maximum Gasteiger partial charge on any atom is 0.416 e. The van der Waals surface area contributed by atoms with Gasteiger partial charge in [-0.25, -0.2) is 0 Å². The molecule has 4 rings (SSSR count). The molecule has 1 atom stereocenters. The van der Waals surface area contributed by atoms with Crippen molar-refractivity contribution < 1.29 is 23.0 Å². The number of nitriles is 1. The smallest absolute Gasteiger partial charge is 0.416 e. The molecule has 0 bridgehead atoms. The van der Waals surface area contributed by atoms with Gasteiger partial charge in [0.15, 0.2) is 0 Å². The van der Waals surface area contributed by atoms with Gasteiger partial charge >= 0.3 is 6.18 Å². The quantitative estimate of drug-likeness (QED) is 0.430. The average Bonchev–Trinajstić information content (AvgIpc) is 3.19. The fourth-order valence-electron chi connectivity index (χ4n) is 3.93. The van der Waals surface area contributed by atoms with Crippen LogP contribution in [0.5, 0.6) is 11.5 Å². The van der Waals surface area contributed by atoms with Crippen molar-refractivity contribution in [1.29, 1.82) is 5.26 Å². The van der Waals surface area contributed by atoms with Crippen LogP contribution in [0.1, 0.15) is 17.2 Å². The number of ether oxygens (including phenoxy) is 1. The number of hydrogen-bond acceptors (Lipinski definition) is 4. The SMILES string of the molecule is N#C/N=C1\N(CCO)C[C@H](c2cccc(C(F)(F)F)c2)N1c1ccc(Oc2ccc(Cl)cc2)cc1. The van der Waals surface area contributed by atoms with Gasteiger partial charge in [0.25, 0.3) is 0 Å². The Hall–Kier alpha value is -3.74. The lowest BCUT2D eigenvalue weighted by Gasteiger charge is -2.26. The summed E-state index contributed by atoms with van der Waals surface area (Å²) < 4.78 is 45.9. The van der Waals surface area contributed by atoms with Crippen LogP contribution in [0.25, 0.3) is 0 Å². The van der Waals surface area contributed by atoms with Gasteiger partial charge in [-0.2, -0.15) is 18.4 Å². The second-order valence-corrected chi connectivity index (χ2v) is 8.18. The number of alkyl halides is 3. The third kappa shape index (κ3) is 5.50. The Morgan fingerprint density at radius 1 is 1.06 bits per heavy atom. The van der Waals surface area contributed by atoms with E-state index in [9.17, 15) is 23.5 Å². The number of nitrogens with zero attached hydrogens (tertiary/aromatic N) is 4. The first kappa shape index (κ1) is 24.4. The number of aliphatic hydroxyl groups excluding tert-OH is 1. The summed E-state index contributed by atoms with van der Waals surface area (Å²) in [6.45, 7) is 0.205. The highest BCUT2D eigenvalue weighted by Crippen LogP contribution is 2.38. The van der Waals surface area contributed by atoms with Gasteiger partial charge in [0.05, 0.1) is 18.2 Å². The van der Waals surface area contributed by atoms with Gasteiger partial charge in [-0.15, -0.1) is 4.99 Å². The predicted molar refractivity (Wildman–Crippen MR) is 126 cm³/mol. The second-order valence-electron chi connectivity index (χ2n) is 7.74. The molecule has 0 saturated carbocycles. The van der Waals surface area contributed by atoms with Crippen molar-refractivity contribution in [3.8, 4) is 17.7 Å². The van der Waals surface area contributed by atoms with Crippen LogP contribution in [-0.4, -0.2) is 35.7 Å². The maximum atomic E-state index is 13.4. The van der Waals surface area contributed by atoms with Gasteiger partial charge in [-0.1, -0.05) is 23.7 Å². The highest BCUT2D eigenvalue weighted by atomic mass is 35.5. The molecule has 1 aliphatic heterocycles. The Balaban J connectivity index is 1.70. The lowest BCUT2D eigenvalue weighted by atomic mass is 10.0. The van der Waals surface area contributed by atoms with Crippen LogP contribution in [-0.2, 0) is 6.18 Å². The van der Waals surface area contributed by atoms with Gasteiger partial charge in [0.1, 0.15) is 11.5 Å². The number of rotatable bonds is 6. The summed E-state index contributed by atoms with van der Waals surface area (Å²) in [6, 6.07) is 18.3. The zero-order valence-corrected chi connectivity index (χ0v) is 19.0. The molecule has 180 valence electrons. The van der Waals surface area contributed by atoms with Gasteiger partial charge in [0.2, 0.25) is 12.2 Å². The van der Waals surface area contributed by atoms with Crippen LogP contribution in [0.4, 0.5) is 18.9 Å². The molecule has 1 saturated heterocycles. The standard InChI is InChI=1S/C25H20ClF3N4O2/c26-19-4-8-21(9-5-19)35-22-10-6-20(7-11-22)33-23(15-32(12-13-34)24(33)31-16-30)17-2-1-3-18(14-17)25(27,28)29/h1-11,14,23,34H,12-13,15H2/b31-24+/t23-/m1/s1. The Morgan fingerprint density at radius 3 is 2.31 bits per heavy atom. The monoisotopic (exact) mass is 500 g/mol. The fourth-order valence-corrected chi connectivity index (χ4v) is 4.06. The van der Waals surface area contributed by atoms with Crippen LogP contribution < -0.4 is 9.64 Å². The summed E-state index contributed by atoms with van der Waals surface area (Å²) in [5.74, 6) is 1.37. The molecule has 1 fully saturated rings. The molecule has 10 heteroatoms. The summed E-state index contributed by atoms with van der Waals surface area (Å²) in [4.78, 5) is 7.29. The van der Waals surface area contributed by atoms with E-state index in [2.05, 4.69) is 4.99 Å². The number of guanidine groups is 1. The number of halogens is 4. The minimum absolute atomic E-state index is 0.171. The van der Waals surface area contributed by atoms with Gasteiger partial charge < -0.3 is 19.6 Å². The number of hydrogen-bond donors (Lipinski definition) is 1. The minimum atomic E-state index is -4.49. The molecule has 0 unspecified atom stereocenters. The predicted octanol–water partition coefficient (Wildman–Crippen LogP) is 5.84. The molecule has 0 spiro atoms. The minimum Gasteiger partial charge on any atom is -0.457 e. The summed E-state index contributed by atoms with van der Waals surface area (Å²) in [6.07, 6.45) is -2.73. The lowest BCUT2D eigenvalue weighted by molar-refractivity contribution is -0.137. The highest BCUT2D eigenvalue weighted by molar-refractivity contribution is 6.30. The molecular formula is C25H20ClF3N4O2. The fraction of sp³-hybridized carbons (Fsp3) is 0.200.